The van der Waals surface area contributed by atoms with Crippen molar-refractivity contribution in [1.29, 1.82) is 0 Å². The van der Waals surface area contributed by atoms with E-state index in [1.807, 2.05) is 18.2 Å². The van der Waals surface area contributed by atoms with E-state index in [0.717, 1.165) is 12.8 Å². The van der Waals surface area contributed by atoms with Crippen molar-refractivity contribution >= 4 is 34.8 Å². The van der Waals surface area contributed by atoms with Crippen LogP contribution in [0.15, 0.2) is 72.8 Å². The van der Waals surface area contributed by atoms with Crippen LogP contribution in [0.4, 0.5) is 11.4 Å². The van der Waals surface area contributed by atoms with Gasteiger partial charge in [-0.1, -0.05) is 54.1 Å². The minimum atomic E-state index is -0.548. The summed E-state index contributed by atoms with van der Waals surface area (Å²) < 4.78 is 5.78. The molecule has 0 fully saturated rings. The number of nitrogens with zero attached hydrogens (tertiary/aromatic N) is 1. The van der Waals surface area contributed by atoms with Crippen LogP contribution < -0.4 is 15.0 Å². The van der Waals surface area contributed by atoms with Gasteiger partial charge < -0.3 is 15.0 Å². The molecular formula is C25H23ClN2O3. The highest BCUT2D eigenvalue weighted by atomic mass is 35.5. The minimum Gasteiger partial charge on any atom is -0.479 e. The van der Waals surface area contributed by atoms with Crippen molar-refractivity contribution in [2.45, 2.75) is 25.9 Å². The van der Waals surface area contributed by atoms with E-state index >= 15 is 0 Å². The third-order valence-electron chi connectivity index (χ3n) is 5.23. The highest BCUT2D eigenvalue weighted by Crippen LogP contribution is 2.36. The molecule has 158 valence electrons. The number of benzene rings is 3. The standard InChI is InChI=1S/C25H23ClN2O3/c1-17-25(30)28(15-7-10-18-8-3-2-4-9-18)22-16-19(13-14-23(22)31-17)27-24(29)20-11-5-6-12-21(20)26/h2-6,8-9,11-14,16-17H,7,10,15H2,1H3,(H,27,29). The fraction of sp³-hybridized carbons (Fsp3) is 0.200. The van der Waals surface area contributed by atoms with Crippen LogP contribution in [-0.2, 0) is 11.2 Å². The molecule has 0 saturated carbocycles. The van der Waals surface area contributed by atoms with E-state index in [0.29, 0.717) is 34.3 Å². The number of carbonyl (C=O) groups excluding carboxylic acids is 2. The summed E-state index contributed by atoms with van der Waals surface area (Å²) in [6.45, 7) is 2.32. The first-order chi connectivity index (χ1) is 15.0. The summed E-state index contributed by atoms with van der Waals surface area (Å²) in [6, 6.07) is 22.4. The molecule has 1 aliphatic rings. The van der Waals surface area contributed by atoms with Gasteiger partial charge in [0.05, 0.1) is 16.3 Å². The lowest BCUT2D eigenvalue weighted by molar-refractivity contribution is -0.125. The van der Waals surface area contributed by atoms with E-state index in [-0.39, 0.29) is 11.8 Å². The zero-order valence-electron chi connectivity index (χ0n) is 17.2. The lowest BCUT2D eigenvalue weighted by Crippen LogP contribution is -2.45. The van der Waals surface area contributed by atoms with Crippen LogP contribution in [0.2, 0.25) is 5.02 Å². The third-order valence-corrected chi connectivity index (χ3v) is 5.56. The summed E-state index contributed by atoms with van der Waals surface area (Å²) in [6.07, 6.45) is 1.14. The largest absolute Gasteiger partial charge is 0.479 e. The second-order valence-corrected chi connectivity index (χ2v) is 7.86. The summed E-state index contributed by atoms with van der Waals surface area (Å²) in [5.74, 6) is 0.232. The number of hydrogen-bond donors (Lipinski definition) is 1. The number of ether oxygens (including phenoxy) is 1. The molecule has 0 bridgehead atoms. The number of nitrogens with one attached hydrogen (secondary N) is 1. The highest BCUT2D eigenvalue weighted by Gasteiger charge is 2.31. The van der Waals surface area contributed by atoms with Crippen molar-refractivity contribution in [3.63, 3.8) is 0 Å². The van der Waals surface area contributed by atoms with E-state index in [1.54, 1.807) is 54.3 Å². The molecular weight excluding hydrogens is 412 g/mol. The lowest BCUT2D eigenvalue weighted by atomic mass is 10.1. The monoisotopic (exact) mass is 434 g/mol. The molecule has 3 aromatic rings. The Balaban J connectivity index is 1.53. The van der Waals surface area contributed by atoms with Crippen LogP contribution >= 0.6 is 11.6 Å². The van der Waals surface area contributed by atoms with Crippen LogP contribution in [-0.4, -0.2) is 24.5 Å². The maximum absolute atomic E-state index is 12.8. The molecule has 5 nitrogen and oxygen atoms in total. The van der Waals surface area contributed by atoms with Crippen LogP contribution in [0.3, 0.4) is 0 Å². The van der Waals surface area contributed by atoms with Gasteiger partial charge in [0, 0.05) is 12.2 Å². The maximum atomic E-state index is 12.8. The van der Waals surface area contributed by atoms with Gasteiger partial charge in [0.2, 0.25) is 0 Å². The molecule has 0 spiro atoms. The molecule has 6 heteroatoms. The summed E-state index contributed by atoms with van der Waals surface area (Å²) in [7, 11) is 0. The van der Waals surface area contributed by atoms with Gasteiger partial charge in [-0.05, 0) is 55.7 Å². The Hall–Kier alpha value is -3.31. The summed E-state index contributed by atoms with van der Waals surface area (Å²) >= 11 is 6.13. The average molecular weight is 435 g/mol. The van der Waals surface area contributed by atoms with Crippen molar-refractivity contribution in [3.05, 3.63) is 88.9 Å². The van der Waals surface area contributed by atoms with E-state index in [9.17, 15) is 9.59 Å². The van der Waals surface area contributed by atoms with Gasteiger partial charge in [0.25, 0.3) is 11.8 Å². The van der Waals surface area contributed by atoms with Gasteiger partial charge in [0.1, 0.15) is 5.75 Å². The minimum absolute atomic E-state index is 0.0878. The maximum Gasteiger partial charge on any atom is 0.267 e. The van der Waals surface area contributed by atoms with Crippen molar-refractivity contribution < 1.29 is 14.3 Å². The molecule has 1 N–H and O–H groups in total. The number of aryl methyl sites for hydroxylation is 1. The first kappa shape index (κ1) is 20.9. The van der Waals surface area contributed by atoms with Crippen molar-refractivity contribution in [3.8, 4) is 5.75 Å². The normalized spacial score (nSPS) is 15.2. The molecule has 3 aromatic carbocycles. The first-order valence-electron chi connectivity index (χ1n) is 10.2. The Morgan fingerprint density at radius 2 is 1.81 bits per heavy atom. The SMILES string of the molecule is CC1Oc2ccc(NC(=O)c3ccccc3Cl)cc2N(CCCc2ccccc2)C1=O. The quantitative estimate of drug-likeness (QED) is 0.569. The Bertz CT molecular complexity index is 1100. The van der Waals surface area contributed by atoms with E-state index in [1.165, 1.54) is 5.56 Å². The van der Waals surface area contributed by atoms with Gasteiger partial charge in [-0.15, -0.1) is 0 Å². The number of carbonyl (C=O) groups is 2. The van der Waals surface area contributed by atoms with Gasteiger partial charge in [0.15, 0.2) is 6.10 Å². The summed E-state index contributed by atoms with van der Waals surface area (Å²) in [5, 5.41) is 3.24. The number of fused-ring (bicyclic) bond motifs is 1. The Kier molecular flexibility index (Phi) is 6.23. The molecule has 1 aliphatic heterocycles. The van der Waals surface area contributed by atoms with Gasteiger partial charge in [-0.3, -0.25) is 9.59 Å². The molecule has 0 radical (unpaired) electrons. The van der Waals surface area contributed by atoms with E-state index in [4.69, 9.17) is 16.3 Å². The molecule has 1 unspecified atom stereocenters. The molecule has 1 heterocycles. The Morgan fingerprint density at radius 1 is 1.06 bits per heavy atom. The average Bonchev–Trinajstić information content (AvgIpc) is 2.78. The summed E-state index contributed by atoms with van der Waals surface area (Å²) in [4.78, 5) is 27.2. The predicted molar refractivity (Wildman–Crippen MR) is 123 cm³/mol. The van der Waals surface area contributed by atoms with Gasteiger partial charge in [-0.25, -0.2) is 0 Å². The van der Waals surface area contributed by atoms with Crippen LogP contribution in [0.1, 0.15) is 29.3 Å². The Labute approximate surface area is 186 Å². The number of amides is 2. The molecule has 0 aromatic heterocycles. The lowest BCUT2D eigenvalue weighted by Gasteiger charge is -2.33. The fourth-order valence-electron chi connectivity index (χ4n) is 3.65. The third kappa shape index (κ3) is 4.72. The molecule has 0 aliphatic carbocycles. The number of hydrogen-bond acceptors (Lipinski definition) is 3. The van der Waals surface area contributed by atoms with Gasteiger partial charge >= 0.3 is 0 Å². The molecule has 31 heavy (non-hydrogen) atoms. The zero-order valence-corrected chi connectivity index (χ0v) is 17.9. The van der Waals surface area contributed by atoms with Crippen LogP contribution in [0, 0.1) is 0 Å². The van der Waals surface area contributed by atoms with E-state index in [2.05, 4.69) is 17.4 Å². The second-order valence-electron chi connectivity index (χ2n) is 7.46. The smallest absolute Gasteiger partial charge is 0.267 e. The molecule has 2 amide bonds. The van der Waals surface area contributed by atoms with Crippen molar-refractivity contribution in [2.24, 2.45) is 0 Å². The van der Waals surface area contributed by atoms with Crippen LogP contribution in [0.5, 0.6) is 5.75 Å². The summed E-state index contributed by atoms with van der Waals surface area (Å²) in [5.41, 5.74) is 2.86. The first-order valence-corrected chi connectivity index (χ1v) is 10.6. The molecule has 0 saturated heterocycles. The number of anilines is 2. The fourth-order valence-corrected chi connectivity index (χ4v) is 3.87. The highest BCUT2D eigenvalue weighted by molar-refractivity contribution is 6.34. The second kappa shape index (κ2) is 9.23. The topological polar surface area (TPSA) is 58.6 Å². The number of halogens is 1. The van der Waals surface area contributed by atoms with Crippen LogP contribution in [0.25, 0.3) is 0 Å². The van der Waals surface area contributed by atoms with Crippen molar-refractivity contribution in [2.75, 3.05) is 16.8 Å². The molecule has 4 rings (SSSR count). The zero-order chi connectivity index (χ0) is 21.8. The Morgan fingerprint density at radius 3 is 2.58 bits per heavy atom. The predicted octanol–water partition coefficient (Wildman–Crippen LogP) is 5.34. The molecule has 1 atom stereocenters. The number of rotatable bonds is 6. The van der Waals surface area contributed by atoms with Crippen molar-refractivity contribution in [1.82, 2.24) is 0 Å². The van der Waals surface area contributed by atoms with E-state index < -0.39 is 6.10 Å². The van der Waals surface area contributed by atoms with Gasteiger partial charge in [-0.2, -0.15) is 0 Å².